The summed E-state index contributed by atoms with van der Waals surface area (Å²) in [5, 5.41) is 0.531. The second-order valence-electron chi connectivity index (χ2n) is 7.31. The van der Waals surface area contributed by atoms with E-state index >= 15 is 0 Å². The van der Waals surface area contributed by atoms with Crippen molar-refractivity contribution in [3.05, 3.63) is 96.1 Å². The Morgan fingerprint density at radius 2 is 1.50 bits per heavy atom. The zero-order valence-corrected chi connectivity index (χ0v) is 17.4. The number of thiocarbonyl (C=S) groups is 1. The average molecular weight is 418 g/mol. The van der Waals surface area contributed by atoms with Crippen LogP contribution in [0.1, 0.15) is 17.5 Å². The Bertz CT molecular complexity index is 990. The van der Waals surface area contributed by atoms with Crippen molar-refractivity contribution in [2.75, 3.05) is 6.54 Å². The van der Waals surface area contributed by atoms with Gasteiger partial charge in [0.05, 0.1) is 13.0 Å². The Balaban J connectivity index is 1.28. The van der Waals surface area contributed by atoms with Gasteiger partial charge in [-0.2, -0.15) is 0 Å². The maximum absolute atomic E-state index is 12.4. The number of likely N-dealkylation sites (tertiary alicyclic amines) is 1. The fourth-order valence-corrected chi connectivity index (χ4v) is 3.77. The van der Waals surface area contributed by atoms with Crippen LogP contribution in [-0.2, 0) is 22.5 Å². The molecule has 1 amide bonds. The normalized spacial score (nSPS) is 15.8. The molecular formula is C25H23NO3S. The van der Waals surface area contributed by atoms with Crippen LogP contribution in [0.4, 0.5) is 0 Å². The van der Waals surface area contributed by atoms with E-state index in [1.54, 1.807) is 0 Å². The highest BCUT2D eigenvalue weighted by Crippen LogP contribution is 2.23. The minimum absolute atomic E-state index is 0.0899. The maximum atomic E-state index is 12.4. The van der Waals surface area contributed by atoms with Crippen molar-refractivity contribution in [3.63, 3.8) is 0 Å². The van der Waals surface area contributed by atoms with Crippen molar-refractivity contribution in [2.45, 2.75) is 25.5 Å². The molecule has 152 valence electrons. The fraction of sp³-hybridized carbons (Fsp3) is 0.200. The highest BCUT2D eigenvalue weighted by atomic mass is 32.1. The Kier molecular flexibility index (Phi) is 6.40. The number of ether oxygens (including phenoxy) is 2. The first-order valence-corrected chi connectivity index (χ1v) is 10.4. The van der Waals surface area contributed by atoms with E-state index in [-0.39, 0.29) is 12.0 Å². The van der Waals surface area contributed by atoms with Gasteiger partial charge in [-0.3, -0.25) is 4.79 Å². The number of para-hydroxylation sites is 1. The van der Waals surface area contributed by atoms with Crippen LogP contribution in [0, 0.1) is 0 Å². The van der Waals surface area contributed by atoms with Gasteiger partial charge in [0.15, 0.2) is 5.05 Å². The topological polar surface area (TPSA) is 38.8 Å². The molecule has 1 aliphatic rings. The number of rotatable bonds is 7. The number of benzene rings is 3. The molecule has 0 aliphatic carbocycles. The Labute approximate surface area is 182 Å². The Morgan fingerprint density at radius 3 is 2.20 bits per heavy atom. The molecule has 30 heavy (non-hydrogen) atoms. The molecule has 4 nitrogen and oxygen atoms in total. The molecule has 0 radical (unpaired) electrons. The first kappa shape index (κ1) is 20.1. The number of hydrogen-bond acceptors (Lipinski definition) is 4. The second-order valence-corrected chi connectivity index (χ2v) is 7.77. The third-order valence-corrected chi connectivity index (χ3v) is 5.18. The summed E-state index contributed by atoms with van der Waals surface area (Å²) in [5.74, 6) is 1.66. The lowest BCUT2D eigenvalue weighted by Gasteiger charge is -2.18. The molecule has 3 aromatic rings. The van der Waals surface area contributed by atoms with Gasteiger partial charge in [0.25, 0.3) is 0 Å². The first-order chi connectivity index (χ1) is 14.7. The SMILES string of the molecule is O=C1CC(OC(=S)Cc2ccccc2)CN1Cc1ccc(Oc2ccccc2)cc1. The average Bonchev–Trinajstić information content (AvgIpc) is 3.09. The van der Waals surface area contributed by atoms with Gasteiger partial charge in [0, 0.05) is 13.0 Å². The van der Waals surface area contributed by atoms with Gasteiger partial charge >= 0.3 is 0 Å². The zero-order valence-electron chi connectivity index (χ0n) is 16.6. The van der Waals surface area contributed by atoms with Gasteiger partial charge in [0.2, 0.25) is 5.91 Å². The van der Waals surface area contributed by atoms with E-state index in [4.69, 9.17) is 21.7 Å². The summed E-state index contributed by atoms with van der Waals surface area (Å²) in [4.78, 5) is 14.2. The summed E-state index contributed by atoms with van der Waals surface area (Å²) in [6.07, 6.45) is 0.767. The summed E-state index contributed by atoms with van der Waals surface area (Å²) in [6, 6.07) is 27.5. The summed E-state index contributed by atoms with van der Waals surface area (Å²) < 4.78 is 11.7. The van der Waals surface area contributed by atoms with Crippen LogP contribution in [0.15, 0.2) is 84.9 Å². The molecule has 3 aromatic carbocycles. The van der Waals surface area contributed by atoms with Crippen molar-refractivity contribution < 1.29 is 14.3 Å². The van der Waals surface area contributed by atoms with Gasteiger partial charge in [-0.15, -0.1) is 0 Å². The molecule has 4 rings (SSSR count). The zero-order chi connectivity index (χ0) is 20.8. The lowest BCUT2D eigenvalue weighted by molar-refractivity contribution is -0.128. The van der Waals surface area contributed by atoms with E-state index in [9.17, 15) is 4.79 Å². The lowest BCUT2D eigenvalue weighted by atomic mass is 10.2. The van der Waals surface area contributed by atoms with Crippen molar-refractivity contribution in [1.29, 1.82) is 0 Å². The number of carbonyl (C=O) groups excluding carboxylic acids is 1. The van der Waals surface area contributed by atoms with Crippen LogP contribution < -0.4 is 4.74 Å². The Morgan fingerprint density at radius 1 is 0.867 bits per heavy atom. The number of nitrogens with zero attached hydrogens (tertiary/aromatic N) is 1. The van der Waals surface area contributed by atoms with Gasteiger partial charge < -0.3 is 14.4 Å². The predicted octanol–water partition coefficient (Wildman–Crippen LogP) is 5.17. The van der Waals surface area contributed by atoms with E-state index in [0.717, 1.165) is 22.6 Å². The van der Waals surface area contributed by atoms with Crippen LogP contribution in [0.25, 0.3) is 0 Å². The number of carbonyl (C=O) groups is 1. The minimum Gasteiger partial charge on any atom is -0.481 e. The van der Waals surface area contributed by atoms with E-state index in [1.165, 1.54) is 0 Å². The molecule has 0 bridgehead atoms. The monoisotopic (exact) mass is 417 g/mol. The Hall–Kier alpha value is -3.18. The van der Waals surface area contributed by atoms with Gasteiger partial charge in [0.1, 0.15) is 17.6 Å². The van der Waals surface area contributed by atoms with Crippen molar-refractivity contribution in [2.24, 2.45) is 0 Å². The predicted molar refractivity (Wildman–Crippen MR) is 121 cm³/mol. The first-order valence-electron chi connectivity index (χ1n) is 9.99. The number of amides is 1. The molecule has 0 aromatic heterocycles. The highest BCUT2D eigenvalue weighted by Gasteiger charge is 2.31. The van der Waals surface area contributed by atoms with Crippen LogP contribution in [0.3, 0.4) is 0 Å². The van der Waals surface area contributed by atoms with Gasteiger partial charge in [-0.25, -0.2) is 0 Å². The largest absolute Gasteiger partial charge is 0.481 e. The second kappa shape index (κ2) is 9.55. The molecule has 1 saturated heterocycles. The molecule has 1 aliphatic heterocycles. The van der Waals surface area contributed by atoms with Crippen molar-refractivity contribution in [1.82, 2.24) is 4.90 Å². The molecule has 5 heteroatoms. The minimum atomic E-state index is -0.186. The van der Waals surface area contributed by atoms with E-state index in [2.05, 4.69) is 0 Å². The van der Waals surface area contributed by atoms with Crippen LogP contribution in [0.5, 0.6) is 11.5 Å². The van der Waals surface area contributed by atoms with Crippen LogP contribution in [0.2, 0.25) is 0 Å². The van der Waals surface area contributed by atoms with E-state index in [1.807, 2.05) is 89.8 Å². The van der Waals surface area contributed by atoms with Crippen molar-refractivity contribution in [3.8, 4) is 11.5 Å². The molecule has 0 spiro atoms. The molecule has 1 heterocycles. The molecule has 0 saturated carbocycles. The van der Waals surface area contributed by atoms with Crippen molar-refractivity contribution >= 4 is 23.2 Å². The van der Waals surface area contributed by atoms with Crippen LogP contribution >= 0.6 is 12.2 Å². The highest BCUT2D eigenvalue weighted by molar-refractivity contribution is 7.80. The summed E-state index contributed by atoms with van der Waals surface area (Å²) in [6.45, 7) is 1.10. The number of hydrogen-bond donors (Lipinski definition) is 0. The summed E-state index contributed by atoms with van der Waals surface area (Å²) >= 11 is 5.38. The maximum Gasteiger partial charge on any atom is 0.226 e. The molecule has 1 atom stereocenters. The summed E-state index contributed by atoms with van der Waals surface area (Å²) in [7, 11) is 0. The van der Waals surface area contributed by atoms with Crippen LogP contribution in [-0.4, -0.2) is 28.5 Å². The third-order valence-electron chi connectivity index (χ3n) is 4.94. The lowest BCUT2D eigenvalue weighted by Crippen LogP contribution is -2.26. The van der Waals surface area contributed by atoms with Gasteiger partial charge in [-0.05, 0) is 47.6 Å². The quantitative estimate of drug-likeness (QED) is 0.498. The molecule has 1 unspecified atom stereocenters. The van der Waals surface area contributed by atoms with E-state index < -0.39 is 0 Å². The standard InChI is InChI=1S/C25H23NO3S/c27-24-16-23(29-25(30)15-19-7-3-1-4-8-19)18-26(24)17-20-11-13-22(14-12-20)28-21-9-5-2-6-10-21/h1-14,23H,15-18H2. The fourth-order valence-electron chi connectivity index (χ4n) is 3.47. The molecule has 1 fully saturated rings. The van der Waals surface area contributed by atoms with Gasteiger partial charge in [-0.1, -0.05) is 60.7 Å². The third kappa shape index (κ3) is 5.45. The smallest absolute Gasteiger partial charge is 0.226 e. The molecule has 0 N–H and O–H groups in total. The molecular weight excluding hydrogens is 394 g/mol. The summed E-state index contributed by atoms with van der Waals surface area (Å²) in [5.41, 5.74) is 2.16. The van der Waals surface area contributed by atoms with E-state index in [0.29, 0.717) is 31.0 Å².